The van der Waals surface area contributed by atoms with Gasteiger partial charge < -0.3 is 10.2 Å². The summed E-state index contributed by atoms with van der Waals surface area (Å²) in [4.78, 5) is 14.4. The van der Waals surface area contributed by atoms with Crippen molar-refractivity contribution in [3.63, 3.8) is 0 Å². The molecule has 0 bridgehead atoms. The Bertz CT molecular complexity index is 515. The molecule has 3 rings (SSSR count). The lowest BCUT2D eigenvalue weighted by molar-refractivity contribution is -0.132. The number of benzene rings is 1. The molecule has 0 saturated carbocycles. The van der Waals surface area contributed by atoms with Crippen LogP contribution in [0.15, 0.2) is 18.2 Å². The Balaban J connectivity index is 0.00000176. The molecular formula is C17H24Cl2N2O. The molecule has 22 heavy (non-hydrogen) atoms. The standard InChI is InChI=1S/C17H23ClN2O.ClH/c18-16-3-1-2-14-12-20(11-8-15(14)16)17(21)5-4-13-6-9-19-10-7-13;/h1-3,13,19H,4-12H2;1H. The predicted molar refractivity (Wildman–Crippen MR) is 92.6 cm³/mol. The highest BCUT2D eigenvalue weighted by Gasteiger charge is 2.23. The Hall–Kier alpha value is -0.770. The molecule has 5 heteroatoms. The van der Waals surface area contributed by atoms with Crippen LogP contribution in [0, 0.1) is 5.92 Å². The number of nitrogens with one attached hydrogen (secondary N) is 1. The van der Waals surface area contributed by atoms with Crippen LogP contribution in [0.3, 0.4) is 0 Å². The van der Waals surface area contributed by atoms with E-state index in [9.17, 15) is 4.79 Å². The van der Waals surface area contributed by atoms with E-state index < -0.39 is 0 Å². The highest BCUT2D eigenvalue weighted by atomic mass is 35.5. The van der Waals surface area contributed by atoms with Crippen molar-refractivity contribution in [2.75, 3.05) is 19.6 Å². The summed E-state index contributed by atoms with van der Waals surface area (Å²) in [6, 6.07) is 6.01. The topological polar surface area (TPSA) is 32.3 Å². The maximum absolute atomic E-state index is 12.4. The molecule has 3 nitrogen and oxygen atoms in total. The van der Waals surface area contributed by atoms with Crippen LogP contribution >= 0.6 is 24.0 Å². The lowest BCUT2D eigenvalue weighted by atomic mass is 9.92. The first kappa shape index (κ1) is 17.6. The van der Waals surface area contributed by atoms with Gasteiger partial charge in [-0.25, -0.2) is 0 Å². The molecular weight excluding hydrogens is 319 g/mol. The summed E-state index contributed by atoms with van der Waals surface area (Å²) in [5.41, 5.74) is 2.44. The Morgan fingerprint density at radius 1 is 1.32 bits per heavy atom. The number of fused-ring (bicyclic) bond motifs is 1. The third-order valence-corrected chi connectivity index (χ3v) is 5.14. The summed E-state index contributed by atoms with van der Waals surface area (Å²) in [6.07, 6.45) is 5.05. The second kappa shape index (κ2) is 8.19. The highest BCUT2D eigenvalue weighted by Crippen LogP contribution is 2.27. The number of piperidine rings is 1. The number of carbonyl (C=O) groups excluding carboxylic acids is 1. The van der Waals surface area contributed by atoms with E-state index in [1.807, 2.05) is 17.0 Å². The van der Waals surface area contributed by atoms with Crippen molar-refractivity contribution in [1.29, 1.82) is 0 Å². The van der Waals surface area contributed by atoms with E-state index in [4.69, 9.17) is 11.6 Å². The number of hydrogen-bond acceptors (Lipinski definition) is 2. The zero-order chi connectivity index (χ0) is 14.7. The molecule has 0 spiro atoms. The second-order valence-electron chi connectivity index (χ2n) is 6.17. The number of carbonyl (C=O) groups is 1. The smallest absolute Gasteiger partial charge is 0.222 e. The lowest BCUT2D eigenvalue weighted by Gasteiger charge is -2.30. The Morgan fingerprint density at radius 3 is 2.86 bits per heavy atom. The van der Waals surface area contributed by atoms with E-state index >= 15 is 0 Å². The minimum atomic E-state index is 0. The van der Waals surface area contributed by atoms with Gasteiger partial charge in [-0.15, -0.1) is 12.4 Å². The van der Waals surface area contributed by atoms with Crippen LogP contribution in [0.4, 0.5) is 0 Å². The van der Waals surface area contributed by atoms with Crippen LogP contribution in [0.2, 0.25) is 5.02 Å². The summed E-state index contributed by atoms with van der Waals surface area (Å²) in [7, 11) is 0. The van der Waals surface area contributed by atoms with Crippen LogP contribution in [0.5, 0.6) is 0 Å². The average molecular weight is 343 g/mol. The van der Waals surface area contributed by atoms with Gasteiger partial charge in [-0.2, -0.15) is 0 Å². The fourth-order valence-corrected chi connectivity index (χ4v) is 3.72. The first-order chi connectivity index (χ1) is 10.2. The van der Waals surface area contributed by atoms with E-state index in [-0.39, 0.29) is 12.4 Å². The van der Waals surface area contributed by atoms with Gasteiger partial charge in [0.05, 0.1) is 0 Å². The molecule has 0 aromatic heterocycles. The summed E-state index contributed by atoms with van der Waals surface area (Å²) >= 11 is 6.22. The van der Waals surface area contributed by atoms with Gasteiger partial charge in [0.15, 0.2) is 0 Å². The molecule has 2 aliphatic rings. The summed E-state index contributed by atoms with van der Waals surface area (Å²) in [5.74, 6) is 1.03. The van der Waals surface area contributed by atoms with Gasteiger partial charge in [-0.1, -0.05) is 23.7 Å². The van der Waals surface area contributed by atoms with E-state index in [0.29, 0.717) is 12.3 Å². The van der Waals surface area contributed by atoms with Crippen LogP contribution in [0.25, 0.3) is 0 Å². The van der Waals surface area contributed by atoms with Gasteiger partial charge in [0.25, 0.3) is 0 Å². The van der Waals surface area contributed by atoms with E-state index in [0.717, 1.165) is 50.0 Å². The van der Waals surface area contributed by atoms with Crippen molar-refractivity contribution >= 4 is 29.9 Å². The lowest BCUT2D eigenvalue weighted by Crippen LogP contribution is -2.36. The van der Waals surface area contributed by atoms with Gasteiger partial charge in [0, 0.05) is 24.5 Å². The molecule has 1 fully saturated rings. The fraction of sp³-hybridized carbons (Fsp3) is 0.588. The van der Waals surface area contributed by atoms with Gasteiger partial charge >= 0.3 is 0 Å². The molecule has 0 radical (unpaired) electrons. The number of halogens is 2. The number of hydrogen-bond donors (Lipinski definition) is 1. The van der Waals surface area contributed by atoms with E-state index in [2.05, 4.69) is 11.4 Å². The SMILES string of the molecule is Cl.O=C(CCC1CCNCC1)N1CCc2c(Cl)cccc2C1. The predicted octanol–water partition coefficient (Wildman–Crippen LogP) is 3.43. The first-order valence-electron chi connectivity index (χ1n) is 7.99. The molecule has 122 valence electrons. The minimum absolute atomic E-state index is 0. The van der Waals surface area contributed by atoms with Crippen molar-refractivity contribution in [3.05, 3.63) is 34.3 Å². The molecule has 2 aliphatic heterocycles. The number of nitrogens with zero attached hydrogens (tertiary/aromatic N) is 1. The molecule has 1 N–H and O–H groups in total. The van der Waals surface area contributed by atoms with Crippen molar-refractivity contribution in [2.24, 2.45) is 5.92 Å². The molecule has 2 heterocycles. The van der Waals surface area contributed by atoms with E-state index in [1.165, 1.54) is 24.0 Å². The van der Waals surface area contributed by atoms with Crippen LogP contribution < -0.4 is 5.32 Å². The molecule has 0 unspecified atom stereocenters. The summed E-state index contributed by atoms with van der Waals surface area (Å²) in [6.45, 7) is 3.74. The average Bonchev–Trinajstić information content (AvgIpc) is 2.53. The first-order valence-corrected chi connectivity index (χ1v) is 8.36. The third-order valence-electron chi connectivity index (χ3n) is 4.79. The van der Waals surface area contributed by atoms with Gasteiger partial charge in [-0.05, 0) is 61.9 Å². The van der Waals surface area contributed by atoms with E-state index in [1.54, 1.807) is 0 Å². The third kappa shape index (κ3) is 4.15. The van der Waals surface area contributed by atoms with Gasteiger partial charge in [0.2, 0.25) is 5.91 Å². The molecule has 0 atom stereocenters. The maximum Gasteiger partial charge on any atom is 0.222 e. The van der Waals surface area contributed by atoms with Crippen molar-refractivity contribution in [3.8, 4) is 0 Å². The largest absolute Gasteiger partial charge is 0.338 e. The van der Waals surface area contributed by atoms with Crippen LogP contribution in [-0.2, 0) is 17.8 Å². The van der Waals surface area contributed by atoms with Crippen LogP contribution in [-0.4, -0.2) is 30.4 Å². The quantitative estimate of drug-likeness (QED) is 0.912. The van der Waals surface area contributed by atoms with Crippen molar-refractivity contribution in [1.82, 2.24) is 10.2 Å². The van der Waals surface area contributed by atoms with Crippen molar-refractivity contribution in [2.45, 2.75) is 38.6 Å². The highest BCUT2D eigenvalue weighted by molar-refractivity contribution is 6.31. The van der Waals surface area contributed by atoms with Crippen molar-refractivity contribution < 1.29 is 4.79 Å². The number of rotatable bonds is 3. The molecule has 1 amide bonds. The minimum Gasteiger partial charge on any atom is -0.338 e. The van der Waals surface area contributed by atoms with Gasteiger partial charge in [-0.3, -0.25) is 4.79 Å². The zero-order valence-electron chi connectivity index (χ0n) is 12.8. The molecule has 0 aliphatic carbocycles. The monoisotopic (exact) mass is 342 g/mol. The summed E-state index contributed by atoms with van der Waals surface area (Å²) in [5, 5.41) is 4.22. The molecule has 1 aromatic carbocycles. The normalized spacial score (nSPS) is 18.5. The maximum atomic E-state index is 12.4. The Kier molecular flexibility index (Phi) is 6.54. The van der Waals surface area contributed by atoms with Gasteiger partial charge in [0.1, 0.15) is 0 Å². The molecule has 1 aromatic rings. The summed E-state index contributed by atoms with van der Waals surface area (Å²) < 4.78 is 0. The van der Waals surface area contributed by atoms with Crippen LogP contribution in [0.1, 0.15) is 36.8 Å². The Morgan fingerprint density at radius 2 is 2.09 bits per heavy atom. The number of amides is 1. The molecule has 1 saturated heterocycles. The zero-order valence-corrected chi connectivity index (χ0v) is 14.4. The Labute approximate surface area is 143 Å². The fourth-order valence-electron chi connectivity index (χ4n) is 3.43. The second-order valence-corrected chi connectivity index (χ2v) is 6.58.